The van der Waals surface area contributed by atoms with Crippen molar-refractivity contribution in [3.05, 3.63) is 41.7 Å². The fourth-order valence-electron chi connectivity index (χ4n) is 3.27. The van der Waals surface area contributed by atoms with E-state index in [9.17, 15) is 4.79 Å². The highest BCUT2D eigenvalue weighted by molar-refractivity contribution is 5.85. The normalized spacial score (nSPS) is 22.0. The van der Waals surface area contributed by atoms with Gasteiger partial charge in [0.05, 0.1) is 25.5 Å². The van der Waals surface area contributed by atoms with Crippen molar-refractivity contribution >= 4 is 22.6 Å². The molecule has 0 saturated carbocycles. The summed E-state index contributed by atoms with van der Waals surface area (Å²) in [5.41, 5.74) is 6.50. The third-order valence-electron chi connectivity index (χ3n) is 5.41. The molecule has 0 spiro atoms. The Bertz CT molecular complexity index is 879. The summed E-state index contributed by atoms with van der Waals surface area (Å²) in [7, 11) is 0. The van der Waals surface area contributed by atoms with Gasteiger partial charge in [-0.05, 0) is 38.3 Å². The van der Waals surface area contributed by atoms with Crippen molar-refractivity contribution in [3.8, 4) is 0 Å². The lowest BCUT2D eigenvalue weighted by Crippen LogP contribution is -2.47. The molecule has 29 heavy (non-hydrogen) atoms. The summed E-state index contributed by atoms with van der Waals surface area (Å²) in [6, 6.07) is 5.99. The Labute approximate surface area is 170 Å². The summed E-state index contributed by atoms with van der Waals surface area (Å²) < 4.78 is 16.5. The van der Waals surface area contributed by atoms with Crippen molar-refractivity contribution in [2.24, 2.45) is 5.92 Å². The highest BCUT2D eigenvalue weighted by Crippen LogP contribution is 2.27. The third kappa shape index (κ3) is 4.98. The number of rotatable bonds is 9. The smallest absolute Gasteiger partial charge is 0.364 e. The molecule has 0 unspecified atom stereocenters. The fourth-order valence-corrected chi connectivity index (χ4v) is 3.27. The predicted molar refractivity (Wildman–Crippen MR) is 109 cm³/mol. The average molecular weight is 403 g/mol. The largest absolute Gasteiger partial charge is 0.477 e. The molecule has 1 aliphatic rings. The van der Waals surface area contributed by atoms with E-state index in [1.54, 1.807) is 0 Å². The van der Waals surface area contributed by atoms with Gasteiger partial charge in [0.15, 0.2) is 0 Å². The number of hydroxylamine groups is 1. The second kappa shape index (κ2) is 8.98. The average Bonchev–Trinajstić information content (AvgIpc) is 2.99. The molecule has 0 aliphatic carbocycles. The Morgan fingerprint density at radius 2 is 2.03 bits per heavy atom. The number of benzene rings is 1. The molecule has 2 N–H and O–H groups in total. The van der Waals surface area contributed by atoms with Crippen LogP contribution in [0.4, 0.5) is 0 Å². The number of carbonyl (C=O) groups is 1. The summed E-state index contributed by atoms with van der Waals surface area (Å²) in [5.74, 6) is -1.47. The Hall–Kier alpha value is -2.35. The van der Waals surface area contributed by atoms with Crippen LogP contribution < -0.4 is 5.48 Å². The first-order chi connectivity index (χ1) is 13.8. The molecule has 1 aromatic heterocycles. The van der Waals surface area contributed by atoms with E-state index in [1.807, 2.05) is 32.0 Å². The second-order valence-electron chi connectivity index (χ2n) is 7.66. The summed E-state index contributed by atoms with van der Waals surface area (Å²) >= 11 is 0. The van der Waals surface area contributed by atoms with Gasteiger partial charge in [-0.2, -0.15) is 0 Å². The van der Waals surface area contributed by atoms with Gasteiger partial charge in [0.1, 0.15) is 11.3 Å². The second-order valence-corrected chi connectivity index (χ2v) is 7.66. The first kappa shape index (κ1) is 21.4. The Morgan fingerprint density at radius 1 is 1.31 bits per heavy atom. The lowest BCUT2D eigenvalue weighted by Gasteiger charge is -2.34. The van der Waals surface area contributed by atoms with E-state index in [2.05, 4.69) is 12.1 Å². The number of aryl methyl sites for hydroxylation is 2. The lowest BCUT2D eigenvalue weighted by atomic mass is 10.0. The van der Waals surface area contributed by atoms with E-state index < -0.39 is 11.8 Å². The van der Waals surface area contributed by atoms with Crippen LogP contribution in [0.5, 0.6) is 0 Å². The van der Waals surface area contributed by atoms with Crippen LogP contribution >= 0.6 is 0 Å². The van der Waals surface area contributed by atoms with Crippen LogP contribution in [0.2, 0.25) is 0 Å². The minimum Gasteiger partial charge on any atom is -0.477 e. The summed E-state index contributed by atoms with van der Waals surface area (Å²) in [6.45, 7) is 10.8. The zero-order valence-electron chi connectivity index (χ0n) is 17.2. The molecule has 1 fully saturated rings. The van der Waals surface area contributed by atoms with Gasteiger partial charge in [0.2, 0.25) is 0 Å². The Morgan fingerprint density at radius 3 is 2.72 bits per heavy atom. The number of carboxylic acid groups (broad SMARTS) is 1. The van der Waals surface area contributed by atoms with Crippen LogP contribution in [0.25, 0.3) is 16.7 Å². The number of ether oxygens (including phenoxy) is 2. The number of aliphatic carboxylic acids is 1. The van der Waals surface area contributed by atoms with Crippen molar-refractivity contribution in [2.45, 2.75) is 45.8 Å². The first-order valence-electron chi connectivity index (χ1n) is 9.88. The molecule has 7 heteroatoms. The first-order valence-corrected chi connectivity index (χ1v) is 9.88. The van der Waals surface area contributed by atoms with Gasteiger partial charge in [-0.15, -0.1) is 0 Å². The van der Waals surface area contributed by atoms with Gasteiger partial charge < -0.3 is 19.0 Å². The number of fused-ring (bicyclic) bond motifs is 1. The molecule has 158 valence electrons. The molecule has 2 aromatic rings. The zero-order valence-corrected chi connectivity index (χ0v) is 17.2. The van der Waals surface area contributed by atoms with Gasteiger partial charge in [0, 0.05) is 23.8 Å². The lowest BCUT2D eigenvalue weighted by molar-refractivity contribution is -0.271. The minimum atomic E-state index is -1.51. The molecule has 1 saturated heterocycles. The van der Waals surface area contributed by atoms with E-state index in [0.29, 0.717) is 25.5 Å². The molecule has 2 heterocycles. The molecule has 0 bridgehead atoms. The van der Waals surface area contributed by atoms with E-state index in [-0.39, 0.29) is 5.92 Å². The Balaban J connectivity index is 1.34. The molecule has 1 aliphatic heterocycles. The molecular formula is C22H29NO6. The van der Waals surface area contributed by atoms with Crippen LogP contribution in [0.1, 0.15) is 43.1 Å². The number of nitrogens with one attached hydrogen (secondary N) is 1. The fraction of sp³-hybridized carbons (Fsp3) is 0.500. The number of hydrogen-bond acceptors (Lipinski definition) is 6. The summed E-state index contributed by atoms with van der Waals surface area (Å²) in [6.07, 6.45) is 2.70. The maximum absolute atomic E-state index is 11.1. The van der Waals surface area contributed by atoms with Crippen LogP contribution in [0, 0.1) is 19.8 Å². The van der Waals surface area contributed by atoms with Crippen LogP contribution in [-0.2, 0) is 19.1 Å². The predicted octanol–water partition coefficient (Wildman–Crippen LogP) is 4.18. The maximum atomic E-state index is 11.1. The van der Waals surface area contributed by atoms with Crippen LogP contribution in [-0.4, -0.2) is 36.7 Å². The maximum Gasteiger partial charge on any atom is 0.364 e. The van der Waals surface area contributed by atoms with Gasteiger partial charge in [0.25, 0.3) is 5.79 Å². The number of carboxylic acids is 1. The monoisotopic (exact) mass is 403 g/mol. The van der Waals surface area contributed by atoms with Crippen molar-refractivity contribution in [2.75, 3.05) is 19.8 Å². The SMILES string of the molecule is C=C(NOCCCCC1COC(C)(C(=O)O)OC1)c1ccc2c(C)c(C)oc2c1. The molecule has 0 radical (unpaired) electrons. The third-order valence-corrected chi connectivity index (χ3v) is 5.41. The zero-order chi connectivity index (χ0) is 21.0. The summed E-state index contributed by atoms with van der Waals surface area (Å²) in [5, 5.41) is 10.2. The standard InChI is InChI=1S/C22H29NO6/c1-14-16(3)29-20-11-18(8-9-19(14)20)15(2)23-28-10-6-5-7-17-12-26-22(4,21(24)25)27-13-17/h8-9,11,17,23H,2,5-7,10,12-13H2,1,3-4H3,(H,24,25). The highest BCUT2D eigenvalue weighted by atomic mass is 16.7. The molecule has 3 rings (SSSR count). The van der Waals surface area contributed by atoms with E-state index in [0.717, 1.165) is 47.1 Å². The van der Waals surface area contributed by atoms with Crippen molar-refractivity contribution < 1.29 is 28.6 Å². The van der Waals surface area contributed by atoms with Gasteiger partial charge >= 0.3 is 5.97 Å². The molecular weight excluding hydrogens is 374 g/mol. The van der Waals surface area contributed by atoms with Gasteiger partial charge in [-0.25, -0.2) is 4.79 Å². The van der Waals surface area contributed by atoms with Crippen molar-refractivity contribution in [1.82, 2.24) is 5.48 Å². The highest BCUT2D eigenvalue weighted by Gasteiger charge is 2.40. The van der Waals surface area contributed by atoms with Crippen LogP contribution in [0.15, 0.2) is 29.2 Å². The Kier molecular flexibility index (Phi) is 6.62. The van der Waals surface area contributed by atoms with E-state index >= 15 is 0 Å². The quantitative estimate of drug-likeness (QED) is 0.479. The number of furan rings is 1. The van der Waals surface area contributed by atoms with E-state index in [4.69, 9.17) is 23.8 Å². The van der Waals surface area contributed by atoms with Gasteiger partial charge in [-0.3, -0.25) is 10.3 Å². The van der Waals surface area contributed by atoms with Crippen molar-refractivity contribution in [3.63, 3.8) is 0 Å². The molecule has 7 nitrogen and oxygen atoms in total. The topological polar surface area (TPSA) is 90.2 Å². The summed E-state index contributed by atoms with van der Waals surface area (Å²) in [4.78, 5) is 16.6. The minimum absolute atomic E-state index is 0.206. The van der Waals surface area contributed by atoms with Crippen molar-refractivity contribution in [1.29, 1.82) is 0 Å². The number of unbranched alkanes of at least 4 members (excludes halogenated alkanes) is 1. The van der Waals surface area contributed by atoms with Gasteiger partial charge in [-0.1, -0.05) is 25.1 Å². The van der Waals surface area contributed by atoms with Crippen LogP contribution in [0.3, 0.4) is 0 Å². The van der Waals surface area contributed by atoms with E-state index in [1.165, 1.54) is 6.92 Å². The molecule has 1 aromatic carbocycles. The molecule has 0 amide bonds. The molecule has 0 atom stereocenters. The number of hydrogen-bond donors (Lipinski definition) is 2.